The molecule has 0 spiro atoms. The minimum Gasteiger partial charge on any atom is -0.0654 e. The third-order valence-corrected chi connectivity index (χ3v) is 4.29. The average molecular weight is 222 g/mol. The highest BCUT2D eigenvalue weighted by Gasteiger charge is 2.28. The van der Waals surface area contributed by atoms with Crippen molar-refractivity contribution in [2.75, 3.05) is 0 Å². The Labute approximate surface area is 103 Å². The Kier molecular flexibility index (Phi) is 6.46. The van der Waals surface area contributed by atoms with Crippen molar-refractivity contribution >= 4 is 0 Å². The van der Waals surface area contributed by atoms with Gasteiger partial charge in [0.1, 0.15) is 0 Å². The second-order valence-electron chi connectivity index (χ2n) is 5.88. The SMILES string of the molecule is [CH2]CCC([C]1CCC(CCC)CC1)C(C)C. The zero-order valence-electron chi connectivity index (χ0n) is 11.6. The van der Waals surface area contributed by atoms with Crippen molar-refractivity contribution in [3.63, 3.8) is 0 Å². The molecular weight excluding hydrogens is 192 g/mol. The summed E-state index contributed by atoms with van der Waals surface area (Å²) >= 11 is 0. The molecule has 0 aromatic carbocycles. The molecule has 1 fully saturated rings. The number of hydrogen-bond acceptors (Lipinski definition) is 0. The monoisotopic (exact) mass is 222 g/mol. The summed E-state index contributed by atoms with van der Waals surface area (Å²) in [5.74, 6) is 4.58. The van der Waals surface area contributed by atoms with Crippen LogP contribution >= 0.6 is 0 Å². The van der Waals surface area contributed by atoms with Gasteiger partial charge in [-0.3, -0.25) is 0 Å². The van der Waals surface area contributed by atoms with Gasteiger partial charge in [0.2, 0.25) is 0 Å². The van der Waals surface area contributed by atoms with E-state index in [4.69, 9.17) is 0 Å². The van der Waals surface area contributed by atoms with Gasteiger partial charge in [-0.1, -0.05) is 47.0 Å². The molecule has 0 amide bonds. The largest absolute Gasteiger partial charge is 0.0654 e. The Hall–Kier alpha value is 0. The van der Waals surface area contributed by atoms with Crippen LogP contribution in [-0.2, 0) is 0 Å². The molecule has 0 N–H and O–H groups in total. The second kappa shape index (κ2) is 7.35. The van der Waals surface area contributed by atoms with Crippen molar-refractivity contribution in [3.8, 4) is 0 Å². The van der Waals surface area contributed by atoms with E-state index in [0.717, 1.165) is 24.2 Å². The van der Waals surface area contributed by atoms with E-state index in [2.05, 4.69) is 27.7 Å². The Morgan fingerprint density at radius 1 is 1.25 bits per heavy atom. The molecule has 0 nitrogen and oxygen atoms in total. The molecule has 2 radical (unpaired) electrons. The van der Waals surface area contributed by atoms with E-state index in [-0.39, 0.29) is 0 Å². The minimum absolute atomic E-state index is 0.819. The van der Waals surface area contributed by atoms with Crippen LogP contribution in [0.1, 0.15) is 72.1 Å². The molecule has 1 saturated carbocycles. The molecule has 1 unspecified atom stereocenters. The molecule has 0 bridgehead atoms. The van der Waals surface area contributed by atoms with Crippen LogP contribution in [0.4, 0.5) is 0 Å². The summed E-state index contributed by atoms with van der Waals surface area (Å²) in [6.07, 6.45) is 11.0. The topological polar surface area (TPSA) is 0 Å². The van der Waals surface area contributed by atoms with E-state index in [9.17, 15) is 0 Å². The van der Waals surface area contributed by atoms with Gasteiger partial charge in [0.15, 0.2) is 0 Å². The maximum Gasteiger partial charge on any atom is -0.0207 e. The standard InChI is InChI=1S/C16H30/c1-5-7-14-9-11-15(12-10-14)16(8-6-2)13(3)4/h13-14,16H,2,5-12H2,1,3-4H3. The van der Waals surface area contributed by atoms with Gasteiger partial charge in [0, 0.05) is 0 Å². The molecule has 1 aliphatic carbocycles. The van der Waals surface area contributed by atoms with Crippen LogP contribution in [0, 0.1) is 30.6 Å². The first-order valence-corrected chi connectivity index (χ1v) is 7.32. The molecule has 1 atom stereocenters. The smallest absolute Gasteiger partial charge is 0.0207 e. The maximum absolute atomic E-state index is 4.03. The van der Waals surface area contributed by atoms with E-state index in [1.807, 2.05) is 5.92 Å². The summed E-state index contributed by atoms with van der Waals surface area (Å²) in [6, 6.07) is 0. The molecule has 1 aliphatic rings. The van der Waals surface area contributed by atoms with E-state index < -0.39 is 0 Å². The predicted molar refractivity (Wildman–Crippen MR) is 73.0 cm³/mol. The average Bonchev–Trinajstić information content (AvgIpc) is 2.27. The van der Waals surface area contributed by atoms with Gasteiger partial charge in [0.05, 0.1) is 0 Å². The molecule has 0 aliphatic heterocycles. The summed E-state index contributed by atoms with van der Waals surface area (Å²) in [4.78, 5) is 0. The quantitative estimate of drug-likeness (QED) is 0.561. The van der Waals surface area contributed by atoms with E-state index in [0.29, 0.717) is 0 Å². The molecule has 0 aromatic heterocycles. The third kappa shape index (κ3) is 4.11. The minimum atomic E-state index is 0.819. The summed E-state index contributed by atoms with van der Waals surface area (Å²) < 4.78 is 0. The van der Waals surface area contributed by atoms with E-state index in [1.165, 1.54) is 44.9 Å². The van der Waals surface area contributed by atoms with Crippen LogP contribution in [0.25, 0.3) is 0 Å². The summed E-state index contributed by atoms with van der Waals surface area (Å²) in [7, 11) is 0. The first-order chi connectivity index (χ1) is 7.69. The maximum atomic E-state index is 4.03. The van der Waals surface area contributed by atoms with E-state index >= 15 is 0 Å². The van der Waals surface area contributed by atoms with Crippen LogP contribution in [-0.4, -0.2) is 0 Å². The van der Waals surface area contributed by atoms with Gasteiger partial charge in [-0.25, -0.2) is 0 Å². The van der Waals surface area contributed by atoms with Crippen molar-refractivity contribution in [3.05, 3.63) is 12.8 Å². The molecule has 0 heteroatoms. The molecule has 1 rings (SSSR count). The fourth-order valence-electron chi connectivity index (χ4n) is 3.34. The van der Waals surface area contributed by atoms with Gasteiger partial charge in [-0.2, -0.15) is 0 Å². The fourth-order valence-corrected chi connectivity index (χ4v) is 3.34. The number of hydrogen-bond donors (Lipinski definition) is 0. The Morgan fingerprint density at radius 3 is 2.31 bits per heavy atom. The Morgan fingerprint density at radius 2 is 1.88 bits per heavy atom. The lowest BCUT2D eigenvalue weighted by atomic mass is 9.70. The molecule has 16 heavy (non-hydrogen) atoms. The number of rotatable bonds is 6. The highest BCUT2D eigenvalue weighted by atomic mass is 14.3. The first kappa shape index (κ1) is 14.1. The van der Waals surface area contributed by atoms with Crippen molar-refractivity contribution in [2.45, 2.75) is 72.1 Å². The third-order valence-electron chi connectivity index (χ3n) is 4.29. The lowest BCUT2D eigenvalue weighted by Gasteiger charge is -2.35. The van der Waals surface area contributed by atoms with Gasteiger partial charge in [-0.15, -0.1) is 0 Å². The van der Waals surface area contributed by atoms with E-state index in [1.54, 1.807) is 0 Å². The van der Waals surface area contributed by atoms with Crippen molar-refractivity contribution in [1.82, 2.24) is 0 Å². The molecular formula is C16H30. The van der Waals surface area contributed by atoms with Gasteiger partial charge >= 0.3 is 0 Å². The van der Waals surface area contributed by atoms with Crippen LogP contribution < -0.4 is 0 Å². The highest BCUT2D eigenvalue weighted by molar-refractivity contribution is 5.01. The summed E-state index contributed by atoms with van der Waals surface area (Å²) in [6.45, 7) is 11.1. The highest BCUT2D eigenvalue weighted by Crippen LogP contribution is 2.41. The van der Waals surface area contributed by atoms with Crippen molar-refractivity contribution in [2.24, 2.45) is 17.8 Å². The summed E-state index contributed by atoms with van der Waals surface area (Å²) in [5.41, 5.74) is 0. The lowest BCUT2D eigenvalue weighted by Crippen LogP contribution is -2.23. The van der Waals surface area contributed by atoms with Crippen LogP contribution in [0.15, 0.2) is 0 Å². The van der Waals surface area contributed by atoms with Gasteiger partial charge in [-0.05, 0) is 55.8 Å². The lowest BCUT2D eigenvalue weighted by molar-refractivity contribution is 0.273. The Bertz CT molecular complexity index is 163. The van der Waals surface area contributed by atoms with Gasteiger partial charge in [0.25, 0.3) is 0 Å². The predicted octanol–water partition coefficient (Wildman–Crippen LogP) is 5.44. The molecule has 0 aromatic rings. The molecule has 94 valence electrons. The summed E-state index contributed by atoms with van der Waals surface area (Å²) in [5, 5.41) is 0. The first-order valence-electron chi connectivity index (χ1n) is 7.32. The van der Waals surface area contributed by atoms with Crippen molar-refractivity contribution < 1.29 is 0 Å². The van der Waals surface area contributed by atoms with Gasteiger partial charge < -0.3 is 0 Å². The zero-order chi connectivity index (χ0) is 12.0. The second-order valence-corrected chi connectivity index (χ2v) is 5.88. The van der Waals surface area contributed by atoms with Crippen molar-refractivity contribution in [1.29, 1.82) is 0 Å². The van der Waals surface area contributed by atoms with Crippen LogP contribution in [0.5, 0.6) is 0 Å². The van der Waals surface area contributed by atoms with Crippen LogP contribution in [0.2, 0.25) is 0 Å². The normalized spacial score (nSPS) is 21.6. The fraction of sp³-hybridized carbons (Fsp3) is 0.875. The molecule has 0 heterocycles. The zero-order valence-corrected chi connectivity index (χ0v) is 11.6. The Balaban J connectivity index is 2.38. The molecule has 0 saturated heterocycles. The van der Waals surface area contributed by atoms with Crippen LogP contribution in [0.3, 0.4) is 0 Å².